The Hall–Kier alpha value is -4.65. The summed E-state index contributed by atoms with van der Waals surface area (Å²) in [6.07, 6.45) is 5.82. The molecule has 0 unspecified atom stereocenters. The highest BCUT2D eigenvalue weighted by atomic mass is 32.2. The van der Waals surface area contributed by atoms with Gasteiger partial charge in [-0.25, -0.2) is 13.2 Å². The van der Waals surface area contributed by atoms with Crippen LogP contribution in [0.2, 0.25) is 0 Å². The molecular formula is C40H42N2O8S2. The SMILES string of the molecule is CCOC(=O)C1(N(C)S(=O)(=O)c2cccc(C(=O)Cc3sc4c(c3C(=O)Nc3ccc(CCc5ccc(C(=O)OC)cc5)cc3)CCCC4)c2)CC1. The molecule has 1 N–H and O–H groups in total. The molecule has 10 nitrogen and oxygen atoms in total. The van der Waals surface area contributed by atoms with Crippen LogP contribution in [0.4, 0.5) is 5.69 Å². The molecular weight excluding hydrogens is 701 g/mol. The quantitative estimate of drug-likeness (QED) is 0.113. The van der Waals surface area contributed by atoms with Gasteiger partial charge in [0.25, 0.3) is 5.91 Å². The van der Waals surface area contributed by atoms with Crippen LogP contribution in [0.1, 0.15) is 90.1 Å². The van der Waals surface area contributed by atoms with Crippen LogP contribution >= 0.6 is 11.3 Å². The van der Waals surface area contributed by atoms with Gasteiger partial charge in [-0.2, -0.15) is 4.31 Å². The van der Waals surface area contributed by atoms with Crippen LogP contribution in [0.25, 0.3) is 0 Å². The number of benzene rings is 3. The number of ketones is 1. The molecule has 1 fully saturated rings. The van der Waals surface area contributed by atoms with Crippen LogP contribution < -0.4 is 5.32 Å². The van der Waals surface area contributed by atoms with Crippen LogP contribution in [0, 0.1) is 0 Å². The van der Waals surface area contributed by atoms with E-state index in [1.165, 1.54) is 43.7 Å². The van der Waals surface area contributed by atoms with Crippen molar-refractivity contribution < 1.29 is 37.1 Å². The number of hydrogen-bond acceptors (Lipinski definition) is 9. The van der Waals surface area contributed by atoms with E-state index >= 15 is 0 Å². The normalized spacial score (nSPS) is 14.7. The average Bonchev–Trinajstić information content (AvgIpc) is 3.89. The van der Waals surface area contributed by atoms with Gasteiger partial charge in [-0.3, -0.25) is 14.4 Å². The summed E-state index contributed by atoms with van der Waals surface area (Å²) in [5.74, 6) is -1.51. The standard InChI is InChI=1S/C40H42N2O8S2/c1-4-50-39(46)40(22-23-40)42(2)52(47,48)31-9-7-8-29(24-31)33(43)25-35-36(32-10-5-6-11-34(32)51-35)37(44)41-30-20-16-27(17-21-30)13-12-26-14-18-28(19-15-26)38(45)49-3/h7-9,14-21,24H,4-6,10-13,22-23,25H2,1-3H3,(H,41,44). The Balaban J connectivity index is 1.15. The minimum absolute atomic E-state index is 0.0495. The molecule has 2 aliphatic rings. The van der Waals surface area contributed by atoms with Crippen molar-refractivity contribution >= 4 is 50.7 Å². The van der Waals surface area contributed by atoms with Gasteiger partial charge < -0.3 is 14.8 Å². The molecule has 0 bridgehead atoms. The third-order valence-corrected chi connectivity index (χ3v) is 13.1. The number of likely N-dealkylation sites (N-methyl/N-ethyl adjacent to an activating group) is 1. The number of anilines is 1. The summed E-state index contributed by atoms with van der Waals surface area (Å²) in [7, 11) is -1.38. The van der Waals surface area contributed by atoms with Crippen LogP contribution in [-0.4, -0.2) is 62.7 Å². The Kier molecular flexibility index (Phi) is 11.1. The molecule has 272 valence electrons. The Labute approximate surface area is 308 Å². The van der Waals surface area contributed by atoms with E-state index in [2.05, 4.69) is 5.32 Å². The Morgan fingerprint density at radius 2 is 1.54 bits per heavy atom. The van der Waals surface area contributed by atoms with E-state index in [-0.39, 0.29) is 41.1 Å². The first-order valence-corrected chi connectivity index (χ1v) is 19.7. The number of carbonyl (C=O) groups excluding carboxylic acids is 4. The molecule has 52 heavy (non-hydrogen) atoms. The van der Waals surface area contributed by atoms with E-state index in [4.69, 9.17) is 9.47 Å². The molecule has 0 atom stereocenters. The van der Waals surface area contributed by atoms with E-state index in [1.54, 1.807) is 25.1 Å². The number of nitrogens with one attached hydrogen (secondary N) is 1. The molecule has 1 heterocycles. The summed E-state index contributed by atoms with van der Waals surface area (Å²) in [5, 5.41) is 3.04. The van der Waals surface area contributed by atoms with E-state index in [9.17, 15) is 27.6 Å². The number of amides is 1. The smallest absolute Gasteiger partial charge is 0.337 e. The summed E-state index contributed by atoms with van der Waals surface area (Å²) in [5.41, 5.74) is 3.83. The number of rotatable bonds is 14. The third-order valence-electron chi connectivity index (χ3n) is 9.88. The first kappa shape index (κ1) is 37.1. The summed E-state index contributed by atoms with van der Waals surface area (Å²) in [6, 6.07) is 20.9. The van der Waals surface area contributed by atoms with Crippen LogP contribution in [-0.2, 0) is 56.4 Å². The maximum absolute atomic E-state index is 13.9. The number of sulfonamides is 1. The summed E-state index contributed by atoms with van der Waals surface area (Å²) >= 11 is 1.48. The van der Waals surface area contributed by atoms with Gasteiger partial charge in [0.15, 0.2) is 5.78 Å². The van der Waals surface area contributed by atoms with Crippen molar-refractivity contribution in [2.75, 3.05) is 26.1 Å². The van der Waals surface area contributed by atoms with E-state index in [0.717, 1.165) is 64.4 Å². The second kappa shape index (κ2) is 15.5. The van der Waals surface area contributed by atoms with Gasteiger partial charge in [0.05, 0.1) is 29.7 Å². The first-order valence-electron chi connectivity index (χ1n) is 17.5. The zero-order valence-electron chi connectivity index (χ0n) is 29.5. The lowest BCUT2D eigenvalue weighted by Gasteiger charge is -2.25. The maximum atomic E-state index is 13.9. The highest BCUT2D eigenvalue weighted by Crippen LogP contribution is 2.45. The van der Waals surface area contributed by atoms with Crippen molar-refractivity contribution in [3.63, 3.8) is 0 Å². The summed E-state index contributed by atoms with van der Waals surface area (Å²) < 4.78 is 38.2. The van der Waals surface area contributed by atoms with E-state index < -0.39 is 21.5 Å². The lowest BCUT2D eigenvalue weighted by molar-refractivity contribution is -0.148. The van der Waals surface area contributed by atoms with Crippen molar-refractivity contribution in [2.24, 2.45) is 0 Å². The molecule has 0 saturated heterocycles. The molecule has 3 aromatic carbocycles. The van der Waals surface area contributed by atoms with Gasteiger partial charge in [0.2, 0.25) is 10.0 Å². The number of fused-ring (bicyclic) bond motifs is 1. The number of methoxy groups -OCH3 is 1. The third kappa shape index (κ3) is 7.74. The summed E-state index contributed by atoms with van der Waals surface area (Å²) in [6.45, 7) is 1.82. The molecule has 0 aliphatic heterocycles. The molecule has 2 aliphatic carbocycles. The van der Waals surface area contributed by atoms with Gasteiger partial charge in [0.1, 0.15) is 5.54 Å². The van der Waals surface area contributed by atoms with Gasteiger partial charge in [-0.1, -0.05) is 36.4 Å². The monoisotopic (exact) mass is 742 g/mol. The van der Waals surface area contributed by atoms with Crippen molar-refractivity contribution in [1.82, 2.24) is 4.31 Å². The number of hydrogen-bond donors (Lipinski definition) is 1. The number of esters is 2. The van der Waals surface area contributed by atoms with E-state index in [1.807, 2.05) is 36.4 Å². The maximum Gasteiger partial charge on any atom is 0.337 e. The van der Waals surface area contributed by atoms with Crippen LogP contribution in [0.15, 0.2) is 77.7 Å². The van der Waals surface area contributed by atoms with Gasteiger partial charge in [-0.05, 0) is 111 Å². The van der Waals surface area contributed by atoms with Crippen molar-refractivity contribution in [3.8, 4) is 0 Å². The topological polar surface area (TPSA) is 136 Å². The lowest BCUT2D eigenvalue weighted by Crippen LogP contribution is -2.45. The fourth-order valence-corrected chi connectivity index (χ4v) is 9.62. The Morgan fingerprint density at radius 3 is 2.17 bits per heavy atom. The zero-order valence-corrected chi connectivity index (χ0v) is 31.2. The lowest BCUT2D eigenvalue weighted by atomic mass is 9.93. The van der Waals surface area contributed by atoms with Gasteiger partial charge >= 0.3 is 11.9 Å². The van der Waals surface area contributed by atoms with Crippen molar-refractivity contribution in [1.29, 1.82) is 0 Å². The predicted molar refractivity (Wildman–Crippen MR) is 199 cm³/mol. The fraction of sp³-hybridized carbons (Fsp3) is 0.350. The Bertz CT molecular complexity index is 2100. The summed E-state index contributed by atoms with van der Waals surface area (Å²) in [4.78, 5) is 53.6. The number of aryl methyl sites for hydroxylation is 3. The Morgan fingerprint density at radius 1 is 0.885 bits per heavy atom. The average molecular weight is 743 g/mol. The predicted octanol–water partition coefficient (Wildman–Crippen LogP) is 6.59. The molecule has 12 heteroatoms. The number of nitrogens with zero attached hydrogens (tertiary/aromatic N) is 1. The van der Waals surface area contributed by atoms with Crippen molar-refractivity contribution in [2.45, 2.75) is 75.1 Å². The highest BCUT2D eigenvalue weighted by molar-refractivity contribution is 7.89. The van der Waals surface area contributed by atoms with Crippen molar-refractivity contribution in [3.05, 3.63) is 116 Å². The molecule has 1 saturated carbocycles. The second-order valence-corrected chi connectivity index (χ2v) is 16.4. The number of ether oxygens (including phenoxy) is 2. The minimum Gasteiger partial charge on any atom is -0.465 e. The molecule has 0 spiro atoms. The fourth-order valence-electron chi connectivity index (χ4n) is 6.67. The minimum atomic E-state index is -4.11. The molecule has 1 amide bonds. The highest BCUT2D eigenvalue weighted by Gasteiger charge is 2.58. The van der Waals surface area contributed by atoms with E-state index in [0.29, 0.717) is 34.5 Å². The van der Waals surface area contributed by atoms with Crippen LogP contribution in [0.3, 0.4) is 0 Å². The zero-order chi connectivity index (χ0) is 37.0. The molecule has 4 aromatic rings. The second-order valence-electron chi connectivity index (χ2n) is 13.2. The molecule has 6 rings (SSSR count). The number of thiophene rings is 1. The van der Waals surface area contributed by atoms with Gasteiger partial charge in [-0.15, -0.1) is 11.3 Å². The van der Waals surface area contributed by atoms with Crippen LogP contribution in [0.5, 0.6) is 0 Å². The molecule has 1 aromatic heterocycles. The number of carbonyl (C=O) groups is 4. The number of Topliss-reactive ketones (excluding diaryl/α,β-unsaturated/α-hetero) is 1. The van der Waals surface area contributed by atoms with Gasteiger partial charge in [0, 0.05) is 34.5 Å². The molecule has 0 radical (unpaired) electrons. The first-order chi connectivity index (χ1) is 25.0. The largest absolute Gasteiger partial charge is 0.465 e.